The van der Waals surface area contributed by atoms with Gasteiger partial charge in [0.2, 0.25) is 6.41 Å². The van der Waals surface area contributed by atoms with Crippen LogP contribution in [0.2, 0.25) is 0 Å². The summed E-state index contributed by atoms with van der Waals surface area (Å²) >= 11 is 0. The molecule has 7 heavy (non-hydrogen) atoms. The summed E-state index contributed by atoms with van der Waals surface area (Å²) in [7, 11) is 0. The molecule has 0 aromatic heterocycles. The van der Waals surface area contributed by atoms with Crippen LogP contribution in [0.3, 0.4) is 0 Å². The van der Waals surface area contributed by atoms with Crippen LogP contribution >= 0.6 is 0 Å². The summed E-state index contributed by atoms with van der Waals surface area (Å²) in [5.41, 5.74) is 0. The van der Waals surface area contributed by atoms with Gasteiger partial charge in [-0.15, -0.1) is 0 Å². The highest BCUT2D eigenvalue weighted by Crippen LogP contribution is 1.70. The van der Waals surface area contributed by atoms with Crippen LogP contribution in [0.15, 0.2) is 0 Å². The highest BCUT2D eigenvalue weighted by Gasteiger charge is 1.88. The van der Waals surface area contributed by atoms with E-state index in [0.29, 0.717) is 6.54 Å². The van der Waals surface area contributed by atoms with Gasteiger partial charge in [-0.2, -0.15) is 0 Å². The van der Waals surface area contributed by atoms with Crippen LogP contribution in [0.25, 0.3) is 0 Å². The van der Waals surface area contributed by atoms with E-state index < -0.39 is 6.41 Å². The van der Waals surface area contributed by atoms with Crippen LogP contribution in [0, 0.1) is 0 Å². The van der Waals surface area contributed by atoms with E-state index in [1.165, 1.54) is 0 Å². The summed E-state index contributed by atoms with van der Waals surface area (Å²) in [5, 5.41) is 18.7. The zero-order valence-corrected chi connectivity index (χ0v) is 4.39. The average Bonchev–Trinajstić information content (AvgIpc) is 1.61. The van der Waals surface area contributed by atoms with Gasteiger partial charge in [-0.1, -0.05) is 6.92 Å². The molecule has 0 radical (unpaired) electrons. The Bertz CT molecular complexity index is 38.7. The quantitative estimate of drug-likeness (QED) is 0.414. The smallest absolute Gasteiger partial charge is 0.210 e. The second kappa shape index (κ2) is 4.05. The van der Waals surface area contributed by atoms with Crippen molar-refractivity contribution in [3.8, 4) is 0 Å². The summed E-state index contributed by atoms with van der Waals surface area (Å²) in [6.45, 7) is 2.60. The maximum absolute atomic E-state index is 8.13. The first-order chi connectivity index (χ1) is 3.27. The highest BCUT2D eigenvalue weighted by atomic mass is 16.5. The molecular formula is C4H11NO2. The maximum Gasteiger partial charge on any atom is 0.210 e. The minimum atomic E-state index is -1.35. The van der Waals surface area contributed by atoms with Gasteiger partial charge < -0.3 is 10.2 Å². The molecule has 0 saturated carbocycles. The molecule has 0 bridgehead atoms. The topological polar surface area (TPSA) is 52.5 Å². The standard InChI is InChI=1S/C4H11NO2/c1-2-3-5-4(6)7/h4-7H,2-3H2,1H3. The van der Waals surface area contributed by atoms with Crippen LogP contribution in [0.5, 0.6) is 0 Å². The van der Waals surface area contributed by atoms with Crippen LogP contribution in [-0.2, 0) is 0 Å². The Hall–Kier alpha value is -0.120. The van der Waals surface area contributed by atoms with E-state index in [2.05, 4.69) is 5.32 Å². The number of hydrogen-bond acceptors (Lipinski definition) is 3. The van der Waals surface area contributed by atoms with Crippen molar-refractivity contribution in [2.75, 3.05) is 6.54 Å². The summed E-state index contributed by atoms with van der Waals surface area (Å²) in [4.78, 5) is 0. The Labute approximate surface area is 43.0 Å². The average molecular weight is 105 g/mol. The largest absolute Gasteiger partial charge is 0.356 e. The van der Waals surface area contributed by atoms with E-state index in [1.54, 1.807) is 0 Å². The predicted molar refractivity (Wildman–Crippen MR) is 26.5 cm³/mol. The van der Waals surface area contributed by atoms with Crippen molar-refractivity contribution in [3.05, 3.63) is 0 Å². The monoisotopic (exact) mass is 105 g/mol. The number of aliphatic hydroxyl groups is 2. The van der Waals surface area contributed by atoms with E-state index in [0.717, 1.165) is 6.42 Å². The Morgan fingerprint density at radius 2 is 2.14 bits per heavy atom. The minimum Gasteiger partial charge on any atom is -0.356 e. The van der Waals surface area contributed by atoms with Crippen LogP contribution in [-0.4, -0.2) is 23.2 Å². The first-order valence-corrected chi connectivity index (χ1v) is 2.37. The molecule has 0 aliphatic carbocycles. The van der Waals surface area contributed by atoms with Crippen molar-refractivity contribution in [1.29, 1.82) is 0 Å². The fraction of sp³-hybridized carbons (Fsp3) is 1.00. The predicted octanol–water partition coefficient (Wildman–Crippen LogP) is -0.746. The van der Waals surface area contributed by atoms with Crippen molar-refractivity contribution in [2.24, 2.45) is 0 Å². The molecule has 0 atom stereocenters. The molecular weight excluding hydrogens is 94.0 g/mol. The molecule has 0 aliphatic rings. The van der Waals surface area contributed by atoms with Crippen molar-refractivity contribution in [2.45, 2.75) is 19.8 Å². The van der Waals surface area contributed by atoms with E-state index >= 15 is 0 Å². The third kappa shape index (κ3) is 5.88. The van der Waals surface area contributed by atoms with Gasteiger partial charge >= 0.3 is 0 Å². The zero-order chi connectivity index (χ0) is 5.70. The Morgan fingerprint density at radius 3 is 2.29 bits per heavy atom. The molecule has 0 aromatic rings. The summed E-state index contributed by atoms with van der Waals surface area (Å²) in [6, 6.07) is 0. The van der Waals surface area contributed by atoms with Gasteiger partial charge in [0, 0.05) is 0 Å². The van der Waals surface area contributed by atoms with Crippen LogP contribution < -0.4 is 5.32 Å². The Kier molecular flexibility index (Phi) is 3.98. The first kappa shape index (κ1) is 6.88. The number of aliphatic hydroxyl groups excluding tert-OH is 1. The Morgan fingerprint density at radius 1 is 1.57 bits per heavy atom. The van der Waals surface area contributed by atoms with Gasteiger partial charge in [0.1, 0.15) is 0 Å². The van der Waals surface area contributed by atoms with Crippen LogP contribution in [0.4, 0.5) is 0 Å². The molecule has 3 heteroatoms. The van der Waals surface area contributed by atoms with Crippen molar-refractivity contribution < 1.29 is 10.2 Å². The lowest BCUT2D eigenvalue weighted by Gasteiger charge is -2.01. The van der Waals surface area contributed by atoms with Gasteiger partial charge in [-0.3, -0.25) is 5.32 Å². The fourth-order valence-corrected chi connectivity index (χ4v) is 0.273. The fourth-order valence-electron chi connectivity index (χ4n) is 0.273. The van der Waals surface area contributed by atoms with E-state index in [9.17, 15) is 0 Å². The molecule has 44 valence electrons. The lowest BCUT2D eigenvalue weighted by Crippen LogP contribution is -2.28. The molecule has 0 saturated heterocycles. The third-order valence-electron chi connectivity index (χ3n) is 0.577. The molecule has 3 N–H and O–H groups in total. The van der Waals surface area contributed by atoms with E-state index in [-0.39, 0.29) is 0 Å². The van der Waals surface area contributed by atoms with Crippen molar-refractivity contribution in [3.63, 3.8) is 0 Å². The van der Waals surface area contributed by atoms with Gasteiger partial charge in [0.15, 0.2) is 0 Å². The normalized spacial score (nSPS) is 10.3. The Balaban J connectivity index is 2.68. The number of nitrogens with one attached hydrogen (secondary N) is 1. The second-order valence-electron chi connectivity index (χ2n) is 1.33. The van der Waals surface area contributed by atoms with Crippen molar-refractivity contribution >= 4 is 0 Å². The molecule has 0 unspecified atom stereocenters. The van der Waals surface area contributed by atoms with Gasteiger partial charge in [0.25, 0.3) is 0 Å². The molecule has 0 fully saturated rings. The first-order valence-electron chi connectivity index (χ1n) is 2.37. The van der Waals surface area contributed by atoms with Gasteiger partial charge in [-0.25, -0.2) is 0 Å². The molecule has 3 nitrogen and oxygen atoms in total. The summed E-state index contributed by atoms with van der Waals surface area (Å²) in [6.07, 6.45) is -0.433. The third-order valence-corrected chi connectivity index (χ3v) is 0.577. The second-order valence-corrected chi connectivity index (χ2v) is 1.33. The molecule has 0 rings (SSSR count). The lowest BCUT2D eigenvalue weighted by molar-refractivity contribution is -0.0652. The molecule has 0 amide bonds. The minimum absolute atomic E-state index is 0.650. The SMILES string of the molecule is CCCNC(O)O. The summed E-state index contributed by atoms with van der Waals surface area (Å²) < 4.78 is 0. The van der Waals surface area contributed by atoms with E-state index in [1.807, 2.05) is 6.92 Å². The van der Waals surface area contributed by atoms with Crippen LogP contribution in [0.1, 0.15) is 13.3 Å². The zero-order valence-electron chi connectivity index (χ0n) is 4.39. The highest BCUT2D eigenvalue weighted by molar-refractivity contribution is 4.35. The number of hydrogen-bond donors (Lipinski definition) is 3. The maximum atomic E-state index is 8.13. The lowest BCUT2D eigenvalue weighted by atomic mass is 10.5. The molecule has 0 heterocycles. The van der Waals surface area contributed by atoms with Gasteiger partial charge in [-0.05, 0) is 13.0 Å². The van der Waals surface area contributed by atoms with Crippen molar-refractivity contribution in [1.82, 2.24) is 5.32 Å². The van der Waals surface area contributed by atoms with Gasteiger partial charge in [0.05, 0.1) is 0 Å². The molecule has 0 aromatic carbocycles. The molecule has 0 aliphatic heterocycles. The van der Waals surface area contributed by atoms with E-state index in [4.69, 9.17) is 10.2 Å². The molecule has 0 spiro atoms. The number of rotatable bonds is 3. The summed E-state index contributed by atoms with van der Waals surface area (Å²) in [5.74, 6) is 0.